The van der Waals surface area contributed by atoms with E-state index in [1.165, 1.54) is 6.07 Å². The molecule has 2 heterocycles. The van der Waals surface area contributed by atoms with Crippen LogP contribution >= 0.6 is 0 Å². The third-order valence-electron chi connectivity index (χ3n) is 4.13. The molecule has 2 unspecified atom stereocenters. The van der Waals surface area contributed by atoms with Crippen molar-refractivity contribution >= 4 is 11.8 Å². The smallest absolute Gasteiger partial charge is 0.191 e. The number of pyridine rings is 1. The molecular weight excluding hydrogens is 349 g/mol. The van der Waals surface area contributed by atoms with Gasteiger partial charge in [-0.1, -0.05) is 13.8 Å². The number of nitrogens with one attached hydrogen (secondary N) is 2. The Morgan fingerprint density at radius 1 is 1.48 bits per heavy atom. The van der Waals surface area contributed by atoms with E-state index in [9.17, 15) is 9.50 Å². The predicted octanol–water partition coefficient (Wildman–Crippen LogP) is 1.39. The number of anilines is 1. The number of guanidine groups is 1. The van der Waals surface area contributed by atoms with Crippen molar-refractivity contribution < 1.29 is 14.2 Å². The van der Waals surface area contributed by atoms with Crippen molar-refractivity contribution in [2.75, 3.05) is 44.3 Å². The second kappa shape index (κ2) is 11.0. The number of ether oxygens (including phenoxy) is 1. The average molecular weight is 381 g/mol. The average Bonchev–Trinajstić information content (AvgIpc) is 3.08. The minimum atomic E-state index is -0.637. The van der Waals surface area contributed by atoms with Crippen molar-refractivity contribution in [3.8, 4) is 0 Å². The van der Waals surface area contributed by atoms with Crippen LogP contribution in [0.15, 0.2) is 23.3 Å². The van der Waals surface area contributed by atoms with Crippen LogP contribution in [0.1, 0.15) is 27.2 Å². The van der Waals surface area contributed by atoms with E-state index in [1.807, 2.05) is 11.8 Å². The molecule has 2 atom stereocenters. The molecule has 0 amide bonds. The van der Waals surface area contributed by atoms with E-state index >= 15 is 0 Å². The molecule has 0 spiro atoms. The lowest BCUT2D eigenvalue weighted by Crippen LogP contribution is -2.45. The lowest BCUT2D eigenvalue weighted by Gasteiger charge is -2.20. The summed E-state index contributed by atoms with van der Waals surface area (Å²) in [7, 11) is 0. The fraction of sp³-hybridized carbons (Fsp3) is 0.684. The second-order valence-electron chi connectivity index (χ2n) is 7.19. The molecule has 2 rings (SSSR count). The van der Waals surface area contributed by atoms with Gasteiger partial charge in [0.1, 0.15) is 0 Å². The first-order valence-corrected chi connectivity index (χ1v) is 9.65. The molecule has 1 aromatic rings. The Morgan fingerprint density at radius 3 is 3.00 bits per heavy atom. The van der Waals surface area contributed by atoms with Gasteiger partial charge < -0.3 is 25.4 Å². The molecule has 3 N–H and O–H groups in total. The molecule has 8 heteroatoms. The number of hydrogen-bond donors (Lipinski definition) is 3. The van der Waals surface area contributed by atoms with E-state index in [0.717, 1.165) is 19.5 Å². The molecular formula is C19H32FN5O2. The Balaban J connectivity index is 1.84. The summed E-state index contributed by atoms with van der Waals surface area (Å²) in [4.78, 5) is 10.5. The Hall–Kier alpha value is -1.93. The largest absolute Gasteiger partial charge is 0.389 e. The van der Waals surface area contributed by atoms with Crippen molar-refractivity contribution in [1.29, 1.82) is 0 Å². The first kappa shape index (κ1) is 21.4. The highest BCUT2D eigenvalue weighted by atomic mass is 19.1. The molecule has 27 heavy (non-hydrogen) atoms. The van der Waals surface area contributed by atoms with E-state index in [1.54, 1.807) is 12.3 Å². The van der Waals surface area contributed by atoms with Gasteiger partial charge in [0.2, 0.25) is 0 Å². The maximum atomic E-state index is 13.9. The summed E-state index contributed by atoms with van der Waals surface area (Å²) >= 11 is 0. The number of rotatable bonds is 9. The zero-order chi connectivity index (χ0) is 19.6. The van der Waals surface area contributed by atoms with Gasteiger partial charge in [-0.25, -0.2) is 9.37 Å². The molecule has 1 saturated heterocycles. The first-order chi connectivity index (χ1) is 13.0. The fourth-order valence-electron chi connectivity index (χ4n) is 2.88. The van der Waals surface area contributed by atoms with Gasteiger partial charge in [-0.2, -0.15) is 0 Å². The summed E-state index contributed by atoms with van der Waals surface area (Å²) in [6.45, 7) is 9.39. The molecule has 0 aromatic carbocycles. The zero-order valence-corrected chi connectivity index (χ0v) is 16.5. The molecule has 152 valence electrons. The summed E-state index contributed by atoms with van der Waals surface area (Å²) in [6, 6.07) is 3.16. The van der Waals surface area contributed by atoms with E-state index in [0.29, 0.717) is 30.8 Å². The van der Waals surface area contributed by atoms with Gasteiger partial charge in [0.15, 0.2) is 17.6 Å². The van der Waals surface area contributed by atoms with Crippen LogP contribution in [-0.2, 0) is 4.74 Å². The summed E-state index contributed by atoms with van der Waals surface area (Å²) in [6.07, 6.45) is 1.83. The fourth-order valence-corrected chi connectivity index (χ4v) is 2.88. The number of aliphatic hydroxyl groups is 1. The van der Waals surface area contributed by atoms with Crippen molar-refractivity contribution in [2.24, 2.45) is 10.9 Å². The summed E-state index contributed by atoms with van der Waals surface area (Å²) in [5.41, 5.74) is 0. The Kier molecular flexibility index (Phi) is 8.74. The van der Waals surface area contributed by atoms with E-state index < -0.39 is 6.10 Å². The highest BCUT2D eigenvalue weighted by molar-refractivity contribution is 5.80. The zero-order valence-electron chi connectivity index (χ0n) is 16.5. The Morgan fingerprint density at radius 2 is 2.30 bits per heavy atom. The molecule has 1 aliphatic heterocycles. The maximum Gasteiger partial charge on any atom is 0.191 e. The Labute approximate surface area is 161 Å². The number of hydrogen-bond acceptors (Lipinski definition) is 5. The third-order valence-corrected chi connectivity index (χ3v) is 4.13. The highest BCUT2D eigenvalue weighted by Crippen LogP contribution is 2.20. The van der Waals surface area contributed by atoms with Crippen LogP contribution in [0.2, 0.25) is 0 Å². The summed E-state index contributed by atoms with van der Waals surface area (Å²) < 4.78 is 19.4. The molecule has 1 aliphatic rings. The molecule has 0 bridgehead atoms. The van der Waals surface area contributed by atoms with Crippen LogP contribution in [0.3, 0.4) is 0 Å². The van der Waals surface area contributed by atoms with Crippen molar-refractivity contribution in [2.45, 2.75) is 39.3 Å². The van der Waals surface area contributed by atoms with Gasteiger partial charge >= 0.3 is 0 Å². The van der Waals surface area contributed by atoms with Gasteiger partial charge in [0.05, 0.1) is 19.3 Å². The van der Waals surface area contributed by atoms with E-state index in [2.05, 4.69) is 34.5 Å². The summed E-state index contributed by atoms with van der Waals surface area (Å²) in [5.74, 6) is 1.17. The molecule has 7 nitrogen and oxygen atoms in total. The lowest BCUT2D eigenvalue weighted by atomic mass is 10.2. The molecule has 0 radical (unpaired) electrons. The van der Waals surface area contributed by atoms with Gasteiger partial charge in [-0.3, -0.25) is 4.99 Å². The third kappa shape index (κ3) is 7.30. The van der Waals surface area contributed by atoms with Crippen molar-refractivity contribution in [3.63, 3.8) is 0 Å². The highest BCUT2D eigenvalue weighted by Gasteiger charge is 2.26. The second-order valence-corrected chi connectivity index (χ2v) is 7.19. The van der Waals surface area contributed by atoms with Crippen LogP contribution in [-0.4, -0.2) is 67.6 Å². The minimum Gasteiger partial charge on any atom is -0.389 e. The quantitative estimate of drug-likeness (QED) is 0.443. The normalized spacial score (nSPS) is 18.8. The van der Waals surface area contributed by atoms with Gasteiger partial charge in [0, 0.05) is 38.5 Å². The topological polar surface area (TPSA) is 82.0 Å². The molecule has 1 fully saturated rings. The van der Waals surface area contributed by atoms with Crippen LogP contribution in [0.25, 0.3) is 0 Å². The number of aromatic nitrogens is 1. The number of aliphatic imine (C=N–C) groups is 1. The molecule has 1 aromatic heterocycles. The van der Waals surface area contributed by atoms with Gasteiger partial charge in [0.25, 0.3) is 0 Å². The lowest BCUT2D eigenvalue weighted by molar-refractivity contribution is 0.0301. The van der Waals surface area contributed by atoms with Gasteiger partial charge in [-0.15, -0.1) is 0 Å². The van der Waals surface area contributed by atoms with Crippen LogP contribution in [0.4, 0.5) is 10.2 Å². The number of nitrogens with zero attached hydrogens (tertiary/aromatic N) is 3. The summed E-state index contributed by atoms with van der Waals surface area (Å²) in [5, 5.41) is 16.6. The van der Waals surface area contributed by atoms with E-state index in [4.69, 9.17) is 4.74 Å². The number of aliphatic hydroxyl groups excluding tert-OH is 1. The minimum absolute atomic E-state index is 0.138. The Bertz CT molecular complexity index is 599. The van der Waals surface area contributed by atoms with Crippen LogP contribution < -0.4 is 15.5 Å². The predicted molar refractivity (Wildman–Crippen MR) is 106 cm³/mol. The monoisotopic (exact) mass is 381 g/mol. The van der Waals surface area contributed by atoms with Gasteiger partial charge in [-0.05, 0) is 31.4 Å². The standard InChI is InChI=1S/C19H32FN5O2/c1-4-21-19(23-10-16(26)13-27-12-14(2)3)24-15-7-9-25(11-15)18-17(20)6-5-8-22-18/h5-6,8,14-16,26H,4,7,9-13H2,1-3H3,(H2,21,23,24). The maximum absolute atomic E-state index is 13.9. The molecule has 0 saturated carbocycles. The van der Waals surface area contributed by atoms with Crippen LogP contribution in [0.5, 0.6) is 0 Å². The molecule has 0 aliphatic carbocycles. The van der Waals surface area contributed by atoms with Crippen molar-refractivity contribution in [3.05, 3.63) is 24.1 Å². The first-order valence-electron chi connectivity index (χ1n) is 9.65. The van der Waals surface area contributed by atoms with E-state index in [-0.39, 0.29) is 25.0 Å². The SMILES string of the molecule is CCNC(=NCC(O)COCC(C)C)NC1CCN(c2ncccc2F)C1. The number of halogens is 1. The van der Waals surface area contributed by atoms with Crippen molar-refractivity contribution in [1.82, 2.24) is 15.6 Å². The van der Waals surface area contributed by atoms with Crippen LogP contribution in [0, 0.1) is 11.7 Å².